The lowest BCUT2D eigenvalue weighted by atomic mass is 10.1. The van der Waals surface area contributed by atoms with Crippen LogP contribution in [-0.2, 0) is 0 Å². The Kier molecular flexibility index (Phi) is 4.99. The molecular weight excluding hydrogens is 491 g/mol. The molecule has 4 rings (SSSR count). The van der Waals surface area contributed by atoms with Crippen molar-refractivity contribution in [2.75, 3.05) is 0 Å². The topological polar surface area (TPSA) is 78.9 Å². The Hall–Kier alpha value is -2.58. The lowest BCUT2D eigenvalue weighted by molar-refractivity contribution is 0.470. The van der Waals surface area contributed by atoms with Crippen molar-refractivity contribution in [1.82, 2.24) is 4.98 Å². The van der Waals surface area contributed by atoms with E-state index in [1.807, 2.05) is 47.7 Å². The zero-order valence-corrected chi connectivity index (χ0v) is 17.6. The third-order valence-electron chi connectivity index (χ3n) is 4.17. The normalized spacial score (nSPS) is 11.5. The number of phenolic OH excluding ortho intramolecular Hbond substituents is 2. The highest BCUT2D eigenvalue weighted by Gasteiger charge is 2.13. The van der Waals surface area contributed by atoms with Crippen molar-refractivity contribution in [1.29, 1.82) is 0 Å². The first-order valence-electron chi connectivity index (χ1n) is 8.33. The van der Waals surface area contributed by atoms with Gasteiger partial charge in [0.05, 0.1) is 14.8 Å². The molecule has 7 heteroatoms. The van der Waals surface area contributed by atoms with Crippen molar-refractivity contribution in [3.05, 3.63) is 68.3 Å². The number of fused-ring (bicyclic) bond motifs is 1. The summed E-state index contributed by atoms with van der Waals surface area (Å²) in [5.74, 6) is 0.454. The van der Waals surface area contributed by atoms with Gasteiger partial charge < -0.3 is 14.6 Å². The van der Waals surface area contributed by atoms with Crippen molar-refractivity contribution in [2.45, 2.75) is 6.92 Å². The number of oxazole rings is 1. The average molecular weight is 505 g/mol. The van der Waals surface area contributed by atoms with Gasteiger partial charge in [0.1, 0.15) is 17.0 Å². The molecule has 0 unspecified atom stereocenters. The Bertz CT molecular complexity index is 1230. The number of rotatable bonds is 3. The molecule has 0 aliphatic heterocycles. The molecule has 1 aromatic heterocycles. The number of aromatic nitrogens is 1. The standard InChI is InChI=1S/C21H14ClIN2O3/c1-11-2-5-17-19(6-11)28-21(25-17)15-4-3-14(9-18(15)26)24-10-12-7-13(22)8-16(23)20(12)27/h2-10,26-27H,1H3. The van der Waals surface area contributed by atoms with Crippen LogP contribution in [-0.4, -0.2) is 21.4 Å². The maximum atomic E-state index is 10.4. The molecular formula is C21H14ClIN2O3. The van der Waals surface area contributed by atoms with Gasteiger partial charge in [0.25, 0.3) is 0 Å². The minimum absolute atomic E-state index is 0.00262. The molecule has 28 heavy (non-hydrogen) atoms. The Balaban J connectivity index is 1.66. The number of hydrogen-bond acceptors (Lipinski definition) is 5. The summed E-state index contributed by atoms with van der Waals surface area (Å²) < 4.78 is 6.40. The van der Waals surface area contributed by atoms with E-state index in [9.17, 15) is 10.2 Å². The molecule has 0 fully saturated rings. The van der Waals surface area contributed by atoms with Crippen LogP contribution < -0.4 is 0 Å². The average Bonchev–Trinajstić information content (AvgIpc) is 3.06. The van der Waals surface area contributed by atoms with Crippen LogP contribution in [0.4, 0.5) is 5.69 Å². The maximum absolute atomic E-state index is 10.4. The molecule has 0 aliphatic carbocycles. The largest absolute Gasteiger partial charge is 0.507 e. The number of aliphatic imine (C=N–C) groups is 1. The second-order valence-corrected chi connectivity index (χ2v) is 7.87. The van der Waals surface area contributed by atoms with Gasteiger partial charge >= 0.3 is 0 Å². The zero-order chi connectivity index (χ0) is 19.8. The van der Waals surface area contributed by atoms with E-state index in [4.69, 9.17) is 16.0 Å². The summed E-state index contributed by atoms with van der Waals surface area (Å²) in [6.07, 6.45) is 1.50. The number of benzene rings is 3. The minimum atomic E-state index is 0.00262. The van der Waals surface area contributed by atoms with Crippen LogP contribution in [0, 0.1) is 10.5 Å². The van der Waals surface area contributed by atoms with Crippen LogP contribution in [0.15, 0.2) is 57.9 Å². The Morgan fingerprint density at radius 1 is 1.11 bits per heavy atom. The number of phenols is 2. The van der Waals surface area contributed by atoms with E-state index in [1.165, 1.54) is 12.3 Å². The van der Waals surface area contributed by atoms with Crippen molar-refractivity contribution in [3.8, 4) is 23.0 Å². The summed E-state index contributed by atoms with van der Waals surface area (Å²) in [5, 5.41) is 21.0. The lowest BCUT2D eigenvalue weighted by Gasteiger charge is -2.04. The van der Waals surface area contributed by atoms with Crippen LogP contribution in [0.1, 0.15) is 11.1 Å². The molecule has 5 nitrogen and oxygen atoms in total. The lowest BCUT2D eigenvalue weighted by Crippen LogP contribution is -1.86. The predicted octanol–water partition coefficient (Wildman–Crippen LogP) is 6.22. The third kappa shape index (κ3) is 3.70. The van der Waals surface area contributed by atoms with Gasteiger partial charge in [-0.25, -0.2) is 4.98 Å². The van der Waals surface area contributed by atoms with Crippen LogP contribution in [0.3, 0.4) is 0 Å². The van der Waals surface area contributed by atoms with Crippen LogP contribution in [0.2, 0.25) is 5.02 Å². The second-order valence-electron chi connectivity index (χ2n) is 6.28. The van der Waals surface area contributed by atoms with Gasteiger partial charge in [-0.2, -0.15) is 0 Å². The highest BCUT2D eigenvalue weighted by molar-refractivity contribution is 14.1. The molecule has 0 aliphatic rings. The fourth-order valence-corrected chi connectivity index (χ4v) is 3.81. The van der Waals surface area contributed by atoms with Crippen LogP contribution >= 0.6 is 34.2 Å². The molecule has 0 amide bonds. The highest BCUT2D eigenvalue weighted by Crippen LogP contribution is 2.34. The van der Waals surface area contributed by atoms with E-state index >= 15 is 0 Å². The number of aromatic hydroxyl groups is 2. The van der Waals surface area contributed by atoms with E-state index in [2.05, 4.69) is 9.98 Å². The summed E-state index contributed by atoms with van der Waals surface area (Å²) in [6.45, 7) is 1.98. The number of halogens is 2. The fraction of sp³-hybridized carbons (Fsp3) is 0.0476. The van der Waals surface area contributed by atoms with Gasteiger partial charge in [-0.1, -0.05) is 17.7 Å². The molecule has 1 heterocycles. The van der Waals surface area contributed by atoms with Gasteiger partial charge in [-0.3, -0.25) is 4.99 Å². The van der Waals surface area contributed by atoms with Crippen LogP contribution in [0.5, 0.6) is 11.5 Å². The molecule has 3 aromatic carbocycles. The van der Waals surface area contributed by atoms with E-state index < -0.39 is 0 Å². The van der Waals surface area contributed by atoms with Crippen molar-refractivity contribution >= 4 is 57.2 Å². The quantitative estimate of drug-likeness (QED) is 0.256. The summed E-state index contributed by atoms with van der Waals surface area (Å²) in [7, 11) is 0. The second kappa shape index (κ2) is 7.44. The highest BCUT2D eigenvalue weighted by atomic mass is 127. The van der Waals surface area contributed by atoms with Gasteiger partial charge in [-0.05, 0) is 71.5 Å². The molecule has 0 bridgehead atoms. The molecule has 0 saturated carbocycles. The van der Waals surface area contributed by atoms with Crippen LogP contribution in [0.25, 0.3) is 22.6 Å². The summed E-state index contributed by atoms with van der Waals surface area (Å²) in [6, 6.07) is 14.0. The molecule has 4 aromatic rings. The monoisotopic (exact) mass is 504 g/mol. The Labute approximate surface area is 179 Å². The number of aryl methyl sites for hydroxylation is 1. The molecule has 0 saturated heterocycles. The zero-order valence-electron chi connectivity index (χ0n) is 14.6. The van der Waals surface area contributed by atoms with Gasteiger partial charge in [0, 0.05) is 22.9 Å². The summed E-state index contributed by atoms with van der Waals surface area (Å²) in [5.41, 5.74) is 3.96. The van der Waals surface area contributed by atoms with Gasteiger partial charge in [0.15, 0.2) is 5.58 Å². The minimum Gasteiger partial charge on any atom is -0.507 e. The molecule has 2 N–H and O–H groups in total. The maximum Gasteiger partial charge on any atom is 0.231 e. The van der Waals surface area contributed by atoms with E-state index in [1.54, 1.807) is 24.3 Å². The van der Waals surface area contributed by atoms with E-state index in [-0.39, 0.29) is 11.5 Å². The van der Waals surface area contributed by atoms with E-state index in [0.29, 0.717) is 36.9 Å². The summed E-state index contributed by atoms with van der Waals surface area (Å²) in [4.78, 5) is 8.74. The van der Waals surface area contributed by atoms with Crippen molar-refractivity contribution in [3.63, 3.8) is 0 Å². The third-order valence-corrected chi connectivity index (χ3v) is 5.21. The molecule has 0 atom stereocenters. The molecule has 0 radical (unpaired) electrons. The first-order valence-corrected chi connectivity index (χ1v) is 9.79. The predicted molar refractivity (Wildman–Crippen MR) is 119 cm³/mol. The van der Waals surface area contributed by atoms with Crippen molar-refractivity contribution in [2.24, 2.45) is 4.99 Å². The van der Waals surface area contributed by atoms with E-state index in [0.717, 1.165) is 11.1 Å². The first-order chi connectivity index (χ1) is 13.4. The molecule has 140 valence electrons. The molecule has 0 spiro atoms. The van der Waals surface area contributed by atoms with Gasteiger partial charge in [-0.15, -0.1) is 0 Å². The number of hydrogen-bond donors (Lipinski definition) is 2. The number of nitrogens with zero attached hydrogens (tertiary/aromatic N) is 2. The first kappa shape index (κ1) is 18.8. The Morgan fingerprint density at radius 2 is 1.93 bits per heavy atom. The smallest absolute Gasteiger partial charge is 0.231 e. The SMILES string of the molecule is Cc1ccc2nc(-c3ccc(N=Cc4cc(Cl)cc(I)c4O)cc3O)oc2c1. The summed E-state index contributed by atoms with van der Waals surface area (Å²) >= 11 is 8.03. The van der Waals surface area contributed by atoms with Crippen molar-refractivity contribution < 1.29 is 14.6 Å². The fourth-order valence-electron chi connectivity index (χ4n) is 2.76. The van der Waals surface area contributed by atoms with Gasteiger partial charge in [0.2, 0.25) is 5.89 Å². The Morgan fingerprint density at radius 3 is 2.71 bits per heavy atom.